The van der Waals surface area contributed by atoms with E-state index in [2.05, 4.69) is 0 Å². The number of carbonyl (C=O) groups is 2. The second-order valence-electron chi connectivity index (χ2n) is 7.10. The van der Waals surface area contributed by atoms with E-state index in [4.69, 9.17) is 11.6 Å². The highest BCUT2D eigenvalue weighted by molar-refractivity contribution is 8.04. The fourth-order valence-corrected chi connectivity index (χ4v) is 4.58. The van der Waals surface area contributed by atoms with Gasteiger partial charge in [-0.2, -0.15) is 13.2 Å². The van der Waals surface area contributed by atoms with E-state index in [1.165, 1.54) is 0 Å². The van der Waals surface area contributed by atoms with Gasteiger partial charge < -0.3 is 4.90 Å². The Kier molecular flexibility index (Phi) is 6.23. The van der Waals surface area contributed by atoms with E-state index in [-0.39, 0.29) is 21.3 Å². The van der Waals surface area contributed by atoms with Crippen molar-refractivity contribution in [2.45, 2.75) is 11.1 Å². The minimum Gasteiger partial charge on any atom is -0.339 e. The van der Waals surface area contributed by atoms with E-state index in [0.29, 0.717) is 21.5 Å². The number of amides is 2. The monoisotopic (exact) mass is 488 g/mol. The van der Waals surface area contributed by atoms with Crippen LogP contribution in [0.1, 0.15) is 5.56 Å². The average Bonchev–Trinajstić information content (AvgIpc) is 3.03. The molecule has 0 saturated carbocycles. The lowest BCUT2D eigenvalue weighted by molar-refractivity contribution is -0.137. The van der Waals surface area contributed by atoms with Crippen LogP contribution in [0.4, 0.5) is 24.5 Å². The van der Waals surface area contributed by atoms with Gasteiger partial charge in [-0.05, 0) is 42.5 Å². The van der Waals surface area contributed by atoms with Crippen molar-refractivity contribution in [3.63, 3.8) is 0 Å². The number of hydrogen-bond donors (Lipinski definition) is 0. The van der Waals surface area contributed by atoms with Crippen molar-refractivity contribution < 1.29 is 22.8 Å². The van der Waals surface area contributed by atoms with Crippen molar-refractivity contribution in [2.75, 3.05) is 16.8 Å². The molecule has 33 heavy (non-hydrogen) atoms. The standard InChI is InChI=1S/C24H16ClF3N2O2S/c1-29(16-8-4-2-5-9-16)20-21(33-17-10-6-3-7-11-17)23(32)30(22(20)31)19-14-15(24(26,27)28)12-13-18(19)25/h2-14H,1H3. The molecule has 0 saturated heterocycles. The number of nitrogens with zero attached hydrogens (tertiary/aromatic N) is 2. The van der Waals surface area contributed by atoms with Crippen LogP contribution in [0.2, 0.25) is 5.02 Å². The highest BCUT2D eigenvalue weighted by atomic mass is 35.5. The van der Waals surface area contributed by atoms with Gasteiger partial charge in [-0.25, -0.2) is 4.90 Å². The first-order chi connectivity index (χ1) is 15.7. The number of imide groups is 1. The van der Waals surface area contributed by atoms with Gasteiger partial charge in [0, 0.05) is 17.6 Å². The van der Waals surface area contributed by atoms with Crippen molar-refractivity contribution in [3.05, 3.63) is 100 Å². The van der Waals surface area contributed by atoms with E-state index in [1.54, 1.807) is 60.5 Å². The van der Waals surface area contributed by atoms with Crippen LogP contribution in [0, 0.1) is 0 Å². The van der Waals surface area contributed by atoms with Gasteiger partial charge in [0.15, 0.2) is 0 Å². The molecule has 0 unspecified atom stereocenters. The van der Waals surface area contributed by atoms with Crippen molar-refractivity contribution in [2.24, 2.45) is 0 Å². The molecule has 0 aromatic heterocycles. The maximum absolute atomic E-state index is 13.5. The smallest absolute Gasteiger partial charge is 0.339 e. The van der Waals surface area contributed by atoms with Crippen LogP contribution in [0.15, 0.2) is 94.4 Å². The minimum absolute atomic E-state index is 0.0496. The van der Waals surface area contributed by atoms with Crippen LogP contribution in [-0.4, -0.2) is 18.9 Å². The number of likely N-dealkylation sites (N-methyl/N-ethyl adjacent to an activating group) is 1. The fourth-order valence-electron chi connectivity index (χ4n) is 3.35. The number of benzene rings is 3. The van der Waals surface area contributed by atoms with Gasteiger partial charge in [0.2, 0.25) is 0 Å². The predicted molar refractivity (Wildman–Crippen MR) is 123 cm³/mol. The molecular formula is C24H16ClF3N2O2S. The zero-order valence-electron chi connectivity index (χ0n) is 17.1. The zero-order chi connectivity index (χ0) is 23.8. The van der Waals surface area contributed by atoms with Crippen LogP contribution in [0.3, 0.4) is 0 Å². The predicted octanol–water partition coefficient (Wildman–Crippen LogP) is 6.37. The molecule has 0 fully saturated rings. The highest BCUT2D eigenvalue weighted by Gasteiger charge is 2.43. The summed E-state index contributed by atoms with van der Waals surface area (Å²) < 4.78 is 40.0. The molecule has 9 heteroatoms. The van der Waals surface area contributed by atoms with E-state index in [9.17, 15) is 22.8 Å². The fraction of sp³-hybridized carbons (Fsp3) is 0.0833. The molecule has 0 aliphatic carbocycles. The number of anilines is 2. The minimum atomic E-state index is -4.66. The van der Waals surface area contributed by atoms with Crippen LogP contribution in [-0.2, 0) is 15.8 Å². The molecule has 1 heterocycles. The third-order valence-electron chi connectivity index (χ3n) is 4.97. The van der Waals surface area contributed by atoms with Crippen molar-refractivity contribution in [1.82, 2.24) is 0 Å². The lowest BCUT2D eigenvalue weighted by atomic mass is 10.2. The Morgan fingerprint density at radius 3 is 2.09 bits per heavy atom. The van der Waals surface area contributed by atoms with Crippen molar-refractivity contribution >= 4 is 46.6 Å². The molecular weight excluding hydrogens is 473 g/mol. The zero-order valence-corrected chi connectivity index (χ0v) is 18.7. The van der Waals surface area contributed by atoms with Gasteiger partial charge in [0.05, 0.1) is 16.3 Å². The van der Waals surface area contributed by atoms with Crippen LogP contribution < -0.4 is 9.80 Å². The van der Waals surface area contributed by atoms with Crippen molar-refractivity contribution in [3.8, 4) is 0 Å². The first-order valence-corrected chi connectivity index (χ1v) is 10.9. The van der Waals surface area contributed by atoms with E-state index in [1.807, 2.05) is 12.1 Å². The Bertz CT molecular complexity index is 1250. The molecule has 168 valence electrons. The Hall–Kier alpha value is -3.23. The quantitative estimate of drug-likeness (QED) is 0.391. The number of alkyl halides is 3. The molecule has 0 radical (unpaired) electrons. The third-order valence-corrected chi connectivity index (χ3v) is 6.37. The van der Waals surface area contributed by atoms with Crippen LogP contribution in [0.5, 0.6) is 0 Å². The average molecular weight is 489 g/mol. The number of rotatable bonds is 5. The normalized spacial score (nSPS) is 14.3. The molecule has 1 aliphatic heterocycles. The molecule has 4 rings (SSSR count). The van der Waals surface area contributed by atoms with Crippen LogP contribution >= 0.6 is 23.4 Å². The number of hydrogen-bond acceptors (Lipinski definition) is 4. The largest absolute Gasteiger partial charge is 0.416 e. The summed E-state index contributed by atoms with van der Waals surface area (Å²) in [7, 11) is 1.62. The first kappa shape index (κ1) is 22.9. The Morgan fingerprint density at radius 2 is 1.48 bits per heavy atom. The molecule has 0 N–H and O–H groups in total. The van der Waals surface area contributed by atoms with Gasteiger partial charge >= 0.3 is 6.18 Å². The highest BCUT2D eigenvalue weighted by Crippen LogP contribution is 2.42. The molecule has 2 amide bonds. The molecule has 0 atom stereocenters. The molecule has 0 bridgehead atoms. The van der Waals surface area contributed by atoms with Gasteiger partial charge in [0.25, 0.3) is 11.8 Å². The third kappa shape index (κ3) is 4.49. The summed E-state index contributed by atoms with van der Waals surface area (Å²) in [5.74, 6) is -1.50. The van der Waals surface area contributed by atoms with E-state index < -0.39 is 23.6 Å². The van der Waals surface area contributed by atoms with Gasteiger partial charge in [-0.1, -0.05) is 59.8 Å². The lowest BCUT2D eigenvalue weighted by Crippen LogP contribution is -2.34. The molecule has 0 spiro atoms. The lowest BCUT2D eigenvalue weighted by Gasteiger charge is -2.22. The van der Waals surface area contributed by atoms with Crippen LogP contribution in [0.25, 0.3) is 0 Å². The first-order valence-electron chi connectivity index (χ1n) is 9.70. The van der Waals surface area contributed by atoms with E-state index in [0.717, 1.165) is 23.9 Å². The summed E-state index contributed by atoms with van der Waals surface area (Å²) in [4.78, 5) is 30.0. The molecule has 3 aromatic rings. The van der Waals surface area contributed by atoms with E-state index >= 15 is 0 Å². The number of para-hydroxylation sites is 1. The molecule has 1 aliphatic rings. The summed E-state index contributed by atoms with van der Waals surface area (Å²) in [6.07, 6.45) is -4.66. The number of halogens is 4. The topological polar surface area (TPSA) is 40.6 Å². The molecule has 3 aromatic carbocycles. The summed E-state index contributed by atoms with van der Waals surface area (Å²) in [5, 5.41) is -0.141. The summed E-state index contributed by atoms with van der Waals surface area (Å²) in [5.41, 5.74) is -0.640. The summed E-state index contributed by atoms with van der Waals surface area (Å²) in [6.45, 7) is 0. The Labute approximate surface area is 197 Å². The number of thioether (sulfide) groups is 1. The Balaban J connectivity index is 1.83. The van der Waals surface area contributed by atoms with Gasteiger partial charge in [-0.15, -0.1) is 0 Å². The number of carbonyl (C=O) groups excluding carboxylic acids is 2. The van der Waals surface area contributed by atoms with Crippen molar-refractivity contribution in [1.29, 1.82) is 0 Å². The van der Waals surface area contributed by atoms with Gasteiger partial charge in [0.1, 0.15) is 10.6 Å². The van der Waals surface area contributed by atoms with Gasteiger partial charge in [-0.3, -0.25) is 9.59 Å². The SMILES string of the molecule is CN(C1=C(Sc2ccccc2)C(=O)N(c2cc(C(F)(F)F)ccc2Cl)C1=O)c1ccccc1. The Morgan fingerprint density at radius 1 is 0.879 bits per heavy atom. The maximum Gasteiger partial charge on any atom is 0.416 e. The second kappa shape index (κ2) is 8.96. The maximum atomic E-state index is 13.5. The summed E-state index contributed by atoms with van der Waals surface area (Å²) in [6, 6.07) is 20.4. The second-order valence-corrected chi connectivity index (χ2v) is 8.59. The summed E-state index contributed by atoms with van der Waals surface area (Å²) >= 11 is 7.23. The molecule has 4 nitrogen and oxygen atoms in total.